The lowest BCUT2D eigenvalue weighted by Gasteiger charge is -2.50. The molecule has 0 radical (unpaired) electrons. The number of nitrogens with two attached hydrogens (primary N) is 3. The van der Waals surface area contributed by atoms with Gasteiger partial charge in [0.15, 0.2) is 49.8 Å². The van der Waals surface area contributed by atoms with Gasteiger partial charge in [0.05, 0.1) is 37.9 Å². The highest BCUT2D eigenvalue weighted by Gasteiger charge is 2.60. The molecule has 48 heteroatoms. The van der Waals surface area contributed by atoms with Crippen LogP contribution < -0.4 is 17.2 Å². The smallest absolute Gasteiger partial charge is 0.397 e. The molecular weight excluding hydrogens is 1200 g/mol. The van der Waals surface area contributed by atoms with E-state index in [-0.39, 0.29) is 0 Å². The third-order valence-electron chi connectivity index (χ3n) is 11.5. The van der Waals surface area contributed by atoms with Crippen molar-refractivity contribution in [3.8, 4) is 0 Å². The molecule has 0 bridgehead atoms. The Kier molecular flexibility index (Phi) is 21.7. The van der Waals surface area contributed by atoms with Gasteiger partial charge in [-0.2, -0.15) is 42.1 Å². The molecule has 0 aromatic heterocycles. The summed E-state index contributed by atoms with van der Waals surface area (Å²) < 4.78 is 234. The second kappa shape index (κ2) is 25.6. The second-order valence-electron chi connectivity index (χ2n) is 16.9. The number of aliphatic hydroxyl groups is 7. The van der Waals surface area contributed by atoms with Crippen molar-refractivity contribution in [3.63, 3.8) is 0 Å². The van der Waals surface area contributed by atoms with Gasteiger partial charge in [0.25, 0.3) is 0 Å². The molecule has 5 rings (SSSR count). The molecule has 456 valence electrons. The predicted molar refractivity (Wildman–Crippen MR) is 226 cm³/mol. The second-order valence-corrected chi connectivity index (χ2v) is 22.2. The summed E-state index contributed by atoms with van der Waals surface area (Å²) in [6.45, 7) is -4.32. The highest BCUT2D eigenvalue weighted by molar-refractivity contribution is 7.81. The van der Waals surface area contributed by atoms with Crippen LogP contribution in [0.3, 0.4) is 0 Å². The van der Waals surface area contributed by atoms with Crippen molar-refractivity contribution < 1.29 is 184 Å². The third kappa shape index (κ3) is 17.3. The van der Waals surface area contributed by atoms with Crippen LogP contribution in [-0.4, -0.2) is 296 Å². The number of ether oxygens (including phenoxy) is 9. The molecule has 5 aliphatic heterocycles. The lowest BCUT2D eigenvalue weighted by atomic mass is 9.94. The van der Waals surface area contributed by atoms with Crippen molar-refractivity contribution in [2.75, 3.05) is 19.8 Å². The molecule has 0 aromatic rings. The van der Waals surface area contributed by atoms with Crippen LogP contribution in [0.15, 0.2) is 0 Å². The largest absolute Gasteiger partial charge is 0.479 e. The van der Waals surface area contributed by atoms with Crippen LogP contribution in [0.1, 0.15) is 0 Å². The van der Waals surface area contributed by atoms with E-state index in [1.165, 1.54) is 0 Å². The number of hydrogen-bond donors (Lipinski definition) is 17. The number of rotatable bonds is 23. The first kappa shape index (κ1) is 66.3. The minimum absolute atomic E-state index is 1.25. The van der Waals surface area contributed by atoms with Gasteiger partial charge in [-0.25, -0.2) is 30.5 Å². The molecule has 20 N–H and O–H groups in total. The van der Waals surface area contributed by atoms with E-state index in [4.69, 9.17) is 68.9 Å². The fourth-order valence-electron chi connectivity index (χ4n) is 7.98. The van der Waals surface area contributed by atoms with Crippen LogP contribution in [0.2, 0.25) is 0 Å². The number of aliphatic carboxylic acids is 2. The van der Waals surface area contributed by atoms with E-state index < -0.39 is 237 Å². The first-order chi connectivity index (χ1) is 35.6. The molecule has 5 heterocycles. The highest BCUT2D eigenvalue weighted by Crippen LogP contribution is 2.37. The summed E-state index contributed by atoms with van der Waals surface area (Å²) in [6, 6.07) is -6.36. The Morgan fingerprint density at radius 3 is 1.24 bits per heavy atom. The van der Waals surface area contributed by atoms with Gasteiger partial charge in [-0.15, -0.1) is 0 Å². The van der Waals surface area contributed by atoms with E-state index in [1.807, 2.05) is 0 Å². The first-order valence-corrected chi connectivity index (χ1v) is 28.0. The molecule has 5 fully saturated rings. The quantitative estimate of drug-likeness (QED) is 0.0422. The van der Waals surface area contributed by atoms with Crippen molar-refractivity contribution >= 4 is 63.9 Å². The van der Waals surface area contributed by atoms with Crippen LogP contribution in [0.5, 0.6) is 0 Å². The number of carbonyl (C=O) groups is 2. The fraction of sp³-hybridized carbons (Fsp3) is 0.933. The van der Waals surface area contributed by atoms with E-state index >= 15 is 0 Å². The molecule has 78 heavy (non-hydrogen) atoms. The average molecular weight is 1250 g/mol. The summed E-state index contributed by atoms with van der Waals surface area (Å²) >= 11 is 0. The summed E-state index contributed by atoms with van der Waals surface area (Å²) in [4.78, 5) is 25.3. The molecule has 43 nitrogen and oxygen atoms in total. The van der Waals surface area contributed by atoms with Crippen LogP contribution in [0.4, 0.5) is 0 Å². The maximum Gasteiger partial charge on any atom is 0.397 e. The molecule has 0 aliphatic carbocycles. The van der Waals surface area contributed by atoms with Gasteiger partial charge in [-0.05, 0) is 0 Å². The van der Waals surface area contributed by atoms with Gasteiger partial charge >= 0.3 is 63.9 Å². The van der Waals surface area contributed by atoms with E-state index in [0.29, 0.717) is 0 Å². The molecule has 0 amide bonds. The summed E-state index contributed by atoms with van der Waals surface area (Å²) in [7, 11) is -28.1. The summed E-state index contributed by atoms with van der Waals surface area (Å²) in [5.74, 6) is -4.40. The number of hydrogen-bond acceptors (Lipinski definition) is 36. The highest BCUT2D eigenvalue weighted by atomic mass is 32.3. The molecule has 20 unspecified atom stereocenters. The van der Waals surface area contributed by atoms with Crippen LogP contribution in [0.25, 0.3) is 0 Å². The molecule has 5 saturated heterocycles. The van der Waals surface area contributed by atoms with Crippen LogP contribution >= 0.6 is 0 Å². The van der Waals surface area contributed by atoms with Crippen LogP contribution in [0, 0.1) is 0 Å². The Morgan fingerprint density at radius 2 is 0.769 bits per heavy atom. The van der Waals surface area contributed by atoms with Gasteiger partial charge in [-0.1, -0.05) is 0 Å². The predicted octanol–water partition coefficient (Wildman–Crippen LogP) is -12.7. The van der Waals surface area contributed by atoms with Crippen molar-refractivity contribution in [2.45, 2.75) is 153 Å². The van der Waals surface area contributed by atoms with E-state index in [1.54, 1.807) is 0 Å². The normalized spacial score (nSPS) is 42.5. The molecule has 0 spiro atoms. The van der Waals surface area contributed by atoms with Gasteiger partial charge in [-0.3, -0.25) is 22.8 Å². The maximum absolute atomic E-state index is 12.7. The fourth-order valence-corrected chi connectivity index (χ4v) is 9.91. The zero-order chi connectivity index (χ0) is 59.1. The molecule has 25 atom stereocenters. The molecule has 0 saturated carbocycles. The van der Waals surface area contributed by atoms with Crippen molar-refractivity contribution in [3.05, 3.63) is 0 Å². The van der Waals surface area contributed by atoms with Crippen molar-refractivity contribution in [1.82, 2.24) is 0 Å². The first-order valence-electron chi connectivity index (χ1n) is 21.1. The zero-order valence-electron chi connectivity index (χ0n) is 38.2. The number of carboxylic acids is 2. The van der Waals surface area contributed by atoms with Gasteiger partial charge in [0, 0.05) is 0 Å². The Morgan fingerprint density at radius 1 is 0.372 bits per heavy atom. The standard InChI is InChI=1S/C30H51N3O40S5/c31-7-12(36)16(5(63-26(7)44)2-61-75(48,49)50)66-30-21(73-78(57,58)59)15(39)20(23(71-30)25(42)43)69-28-9(33)18(72-77(54,55)56)17(6(65-28)3-62-76(51,52)53)67-29-14(38)13(37)19(22(70-29)24(40)41)68-27-8(32)11(35)10(34)4(64-27)1-60-74(45,46)47/h4-23,26-30,34-39,44H,1-3,31-33H2,(H,40,41)(H,42,43)(H,45,46,47)(H,48,49,50)(H,51,52,53)(H,54,55,56)(H,57,58,59)/t4?,5?,6?,7?,8?,9?,10?,11?,12?,13?,14?,15-,16?,17?,18?,19?,20?,21?,22?,23?,26-,27+,28+,29?,30-/m1/s1. The molecular formula is C30H51N3O40S5. The van der Waals surface area contributed by atoms with Gasteiger partial charge in [0.2, 0.25) is 0 Å². The summed E-state index contributed by atoms with van der Waals surface area (Å²) in [5, 5.41) is 96.1. The Hall–Kier alpha value is -2.47. The third-order valence-corrected chi connectivity index (χ3v) is 13.7. The Labute approximate surface area is 437 Å². The Bertz CT molecular complexity index is 2660. The minimum atomic E-state index is -5.95. The minimum Gasteiger partial charge on any atom is -0.479 e. The topological polar surface area (TPSA) is 695 Å². The monoisotopic (exact) mass is 1250 g/mol. The maximum atomic E-state index is 12.7. The van der Waals surface area contributed by atoms with Gasteiger partial charge < -0.3 is 106 Å². The lowest BCUT2D eigenvalue weighted by molar-refractivity contribution is -0.371. The Balaban J connectivity index is 1.47. The van der Waals surface area contributed by atoms with Crippen molar-refractivity contribution in [1.29, 1.82) is 0 Å². The summed E-state index contributed by atoms with van der Waals surface area (Å²) in [6.07, 6.45) is -55.2. The average Bonchev–Trinajstić information content (AvgIpc) is 3.29. The summed E-state index contributed by atoms with van der Waals surface area (Å²) in [5.41, 5.74) is 17.7. The number of aliphatic hydroxyl groups excluding tert-OH is 7. The van der Waals surface area contributed by atoms with Gasteiger partial charge in [0.1, 0.15) is 85.5 Å². The SMILES string of the molecule is NC1C(O)C(O)C(COS(=O)(=O)O)O[C@H]1OC1C(C(=O)O)OC(OC2C(COS(=O)(=O)O)O[C@@H](OC3C(C(=O)O)O[C@@H](OC4C(COS(=O)(=O)O)O[C@@H](O)C(N)C4O)C(OS(=O)(=O)O)[C@@H]3O)C(N)C2OS(=O)(=O)O)C(O)C1O. The van der Waals surface area contributed by atoms with E-state index in [9.17, 15) is 111 Å². The molecule has 0 aromatic carbocycles. The zero-order valence-corrected chi connectivity index (χ0v) is 42.3. The molecule has 5 aliphatic rings. The van der Waals surface area contributed by atoms with E-state index in [2.05, 4.69) is 20.9 Å². The van der Waals surface area contributed by atoms with Crippen LogP contribution in [-0.2, 0) is 125 Å². The van der Waals surface area contributed by atoms with Crippen molar-refractivity contribution in [2.24, 2.45) is 17.2 Å². The number of carboxylic acid groups (broad SMARTS) is 2. The lowest BCUT2D eigenvalue weighted by Crippen LogP contribution is -2.70. The van der Waals surface area contributed by atoms with E-state index in [0.717, 1.165) is 0 Å².